The van der Waals surface area contributed by atoms with Gasteiger partial charge in [0.1, 0.15) is 17.0 Å². The van der Waals surface area contributed by atoms with Gasteiger partial charge in [0, 0.05) is 11.3 Å². The van der Waals surface area contributed by atoms with Crippen molar-refractivity contribution in [3.63, 3.8) is 0 Å². The van der Waals surface area contributed by atoms with Crippen molar-refractivity contribution in [1.29, 1.82) is 0 Å². The number of fused-ring (bicyclic) bond motifs is 1. The van der Waals surface area contributed by atoms with Crippen molar-refractivity contribution < 1.29 is 27.9 Å². The van der Waals surface area contributed by atoms with Crippen LogP contribution >= 0.6 is 0 Å². The number of halogens is 1. The lowest BCUT2D eigenvalue weighted by Gasteiger charge is -2.08. The molecule has 0 aliphatic carbocycles. The lowest BCUT2D eigenvalue weighted by atomic mass is 10.2. The van der Waals surface area contributed by atoms with Crippen molar-refractivity contribution in [2.24, 2.45) is 0 Å². The van der Waals surface area contributed by atoms with E-state index in [1.54, 1.807) is 30.3 Å². The molecule has 3 aromatic rings. The van der Waals surface area contributed by atoms with E-state index < -0.39 is 11.9 Å². The minimum Gasteiger partial charge on any atom is -0.466 e. The third-order valence-electron chi connectivity index (χ3n) is 3.63. The van der Waals surface area contributed by atoms with E-state index in [1.807, 2.05) is 0 Å². The molecule has 27 heavy (non-hydrogen) atoms. The summed E-state index contributed by atoms with van der Waals surface area (Å²) < 4.78 is 27.9. The third kappa shape index (κ3) is 4.12. The van der Waals surface area contributed by atoms with Gasteiger partial charge in [-0.05, 0) is 42.5 Å². The summed E-state index contributed by atoms with van der Waals surface area (Å²) in [6.07, 6.45) is 0.989. The van der Waals surface area contributed by atoms with Crippen molar-refractivity contribution >= 4 is 28.7 Å². The molecular weight excluding hydrogens is 355 g/mol. The first-order chi connectivity index (χ1) is 13.0. The zero-order valence-electron chi connectivity index (χ0n) is 14.5. The smallest absolute Gasteiger partial charge is 0.354 e. The van der Waals surface area contributed by atoms with E-state index in [9.17, 15) is 14.0 Å². The molecule has 1 heterocycles. The van der Waals surface area contributed by atoms with E-state index in [1.165, 1.54) is 26.4 Å². The number of oxazole rings is 1. The zero-order valence-corrected chi connectivity index (χ0v) is 14.5. The quantitative estimate of drug-likeness (QED) is 0.544. The van der Waals surface area contributed by atoms with Crippen molar-refractivity contribution in [2.75, 3.05) is 19.5 Å². The van der Waals surface area contributed by atoms with Gasteiger partial charge >= 0.3 is 11.9 Å². The molecule has 0 spiro atoms. The number of carbonyl (C=O) groups excluding carboxylic acids is 2. The van der Waals surface area contributed by atoms with Gasteiger partial charge in [-0.2, -0.15) is 0 Å². The number of hydrogen-bond donors (Lipinski definition) is 1. The molecule has 0 bridgehead atoms. The molecule has 7 nitrogen and oxygen atoms in total. The number of nitrogens with zero attached hydrogens (tertiary/aromatic N) is 1. The van der Waals surface area contributed by atoms with Crippen LogP contribution in [0, 0.1) is 5.82 Å². The van der Waals surface area contributed by atoms with Crippen LogP contribution in [-0.4, -0.2) is 31.1 Å². The summed E-state index contributed by atoms with van der Waals surface area (Å²) in [5, 5.41) is 2.80. The first-order valence-corrected chi connectivity index (χ1v) is 7.81. The Balaban J connectivity index is 1.91. The number of methoxy groups -OCH3 is 2. The first-order valence-electron chi connectivity index (χ1n) is 7.81. The van der Waals surface area contributed by atoms with Crippen LogP contribution < -0.4 is 5.32 Å². The second-order valence-corrected chi connectivity index (χ2v) is 5.41. The number of esters is 2. The molecule has 138 valence electrons. The van der Waals surface area contributed by atoms with E-state index in [4.69, 9.17) is 4.42 Å². The number of nitrogens with one attached hydrogen (secondary N) is 1. The molecule has 0 aliphatic rings. The number of aromatic nitrogens is 1. The second kappa shape index (κ2) is 7.69. The number of ether oxygens (including phenoxy) is 2. The zero-order chi connectivity index (χ0) is 19.4. The van der Waals surface area contributed by atoms with Crippen LogP contribution in [-0.2, 0) is 19.1 Å². The Morgan fingerprint density at radius 3 is 2.52 bits per heavy atom. The molecule has 8 heteroatoms. The number of benzene rings is 2. The van der Waals surface area contributed by atoms with E-state index in [2.05, 4.69) is 19.8 Å². The molecule has 0 atom stereocenters. The van der Waals surface area contributed by atoms with E-state index >= 15 is 0 Å². The van der Waals surface area contributed by atoms with Crippen molar-refractivity contribution in [2.45, 2.75) is 0 Å². The predicted molar refractivity (Wildman–Crippen MR) is 95.1 cm³/mol. The topological polar surface area (TPSA) is 90.7 Å². The SMILES string of the molecule is COC(=O)/C=C(/Nc1ccc2oc(-c3ccc(F)cc3)nc2c1)C(=O)OC. The van der Waals surface area contributed by atoms with Crippen LogP contribution in [0.4, 0.5) is 10.1 Å². The maximum atomic E-state index is 13.1. The number of hydrogen-bond acceptors (Lipinski definition) is 7. The fraction of sp³-hybridized carbons (Fsp3) is 0.105. The highest BCUT2D eigenvalue weighted by Crippen LogP contribution is 2.26. The lowest BCUT2D eigenvalue weighted by Crippen LogP contribution is -2.15. The number of rotatable bonds is 5. The van der Waals surface area contributed by atoms with Crippen LogP contribution in [0.2, 0.25) is 0 Å². The Bertz CT molecular complexity index is 1020. The Morgan fingerprint density at radius 1 is 1.11 bits per heavy atom. The van der Waals surface area contributed by atoms with Gasteiger partial charge in [0.2, 0.25) is 5.89 Å². The van der Waals surface area contributed by atoms with Gasteiger partial charge in [0.05, 0.1) is 20.3 Å². The summed E-state index contributed by atoms with van der Waals surface area (Å²) in [7, 11) is 2.40. The van der Waals surface area contributed by atoms with Crippen molar-refractivity contribution in [3.8, 4) is 11.5 Å². The molecule has 0 radical (unpaired) electrons. The average Bonchev–Trinajstić information content (AvgIpc) is 3.10. The molecule has 2 aromatic carbocycles. The van der Waals surface area contributed by atoms with E-state index in [0.717, 1.165) is 6.08 Å². The minimum atomic E-state index is -0.729. The Kier molecular flexibility index (Phi) is 5.16. The lowest BCUT2D eigenvalue weighted by molar-refractivity contribution is -0.138. The Labute approximate surface area is 153 Å². The van der Waals surface area contributed by atoms with E-state index in [0.29, 0.717) is 28.2 Å². The Morgan fingerprint density at radius 2 is 1.85 bits per heavy atom. The normalized spacial score (nSPS) is 11.3. The fourth-order valence-corrected chi connectivity index (χ4v) is 2.31. The number of anilines is 1. The molecule has 0 saturated carbocycles. The number of carbonyl (C=O) groups is 2. The first kappa shape index (κ1) is 18.1. The summed E-state index contributed by atoms with van der Waals surface area (Å²) in [6, 6.07) is 10.7. The Hall–Kier alpha value is -3.68. The predicted octanol–water partition coefficient (Wildman–Crippen LogP) is 3.28. The van der Waals surface area contributed by atoms with Gasteiger partial charge in [0.15, 0.2) is 5.58 Å². The highest BCUT2D eigenvalue weighted by Gasteiger charge is 2.14. The van der Waals surface area contributed by atoms with Crippen LogP contribution in [0.25, 0.3) is 22.6 Å². The average molecular weight is 370 g/mol. The standard InChI is InChI=1S/C19H15FN2O5/c1-25-17(23)10-15(19(24)26-2)21-13-7-8-16-14(9-13)22-18(27-16)11-3-5-12(20)6-4-11/h3-10,21H,1-2H3/b15-10+. The molecule has 0 unspecified atom stereocenters. The summed E-state index contributed by atoms with van der Waals surface area (Å²) >= 11 is 0. The highest BCUT2D eigenvalue weighted by molar-refractivity contribution is 5.99. The monoisotopic (exact) mass is 370 g/mol. The molecule has 0 saturated heterocycles. The van der Waals surface area contributed by atoms with Crippen molar-refractivity contribution in [1.82, 2.24) is 4.98 Å². The summed E-state index contributed by atoms with van der Waals surface area (Å²) in [5.41, 5.74) is 2.05. The van der Waals surface area contributed by atoms with E-state index in [-0.39, 0.29) is 11.5 Å². The molecule has 0 fully saturated rings. The van der Waals surface area contributed by atoms with Gasteiger partial charge < -0.3 is 19.2 Å². The molecule has 0 amide bonds. The third-order valence-corrected chi connectivity index (χ3v) is 3.63. The summed E-state index contributed by atoms with van der Waals surface area (Å²) in [4.78, 5) is 27.6. The fourth-order valence-electron chi connectivity index (χ4n) is 2.31. The molecule has 1 N–H and O–H groups in total. The highest BCUT2D eigenvalue weighted by atomic mass is 19.1. The van der Waals surface area contributed by atoms with Crippen LogP contribution in [0.3, 0.4) is 0 Å². The van der Waals surface area contributed by atoms with Crippen molar-refractivity contribution in [3.05, 3.63) is 60.1 Å². The largest absolute Gasteiger partial charge is 0.466 e. The van der Waals surface area contributed by atoms with Gasteiger partial charge in [-0.1, -0.05) is 0 Å². The van der Waals surface area contributed by atoms with Gasteiger partial charge in [0.25, 0.3) is 0 Å². The van der Waals surface area contributed by atoms with Gasteiger partial charge in [-0.25, -0.2) is 19.0 Å². The maximum Gasteiger partial charge on any atom is 0.354 e. The second-order valence-electron chi connectivity index (χ2n) is 5.41. The summed E-state index contributed by atoms with van der Waals surface area (Å²) in [5.74, 6) is -1.45. The van der Waals surface area contributed by atoms with Crippen LogP contribution in [0.15, 0.2) is 58.7 Å². The molecular formula is C19H15FN2O5. The molecule has 0 aliphatic heterocycles. The summed E-state index contributed by atoms with van der Waals surface area (Å²) in [6.45, 7) is 0. The minimum absolute atomic E-state index is 0.0917. The maximum absolute atomic E-state index is 13.1. The molecule has 3 rings (SSSR count). The van der Waals surface area contributed by atoms with Crippen LogP contribution in [0.1, 0.15) is 0 Å². The van der Waals surface area contributed by atoms with Gasteiger partial charge in [-0.15, -0.1) is 0 Å². The molecule has 1 aromatic heterocycles. The van der Waals surface area contributed by atoms with Crippen LogP contribution in [0.5, 0.6) is 0 Å². The van der Waals surface area contributed by atoms with Gasteiger partial charge in [-0.3, -0.25) is 0 Å².